The lowest BCUT2D eigenvalue weighted by atomic mass is 10.0. The van der Waals surface area contributed by atoms with Crippen molar-refractivity contribution in [2.24, 2.45) is 5.92 Å². The number of aldehydes is 1. The van der Waals surface area contributed by atoms with Gasteiger partial charge >= 0.3 is 6.09 Å². The van der Waals surface area contributed by atoms with Crippen LogP contribution >= 0.6 is 0 Å². The molecule has 0 aliphatic heterocycles. The van der Waals surface area contributed by atoms with E-state index >= 15 is 0 Å². The van der Waals surface area contributed by atoms with E-state index in [2.05, 4.69) is 5.32 Å². The van der Waals surface area contributed by atoms with Gasteiger partial charge in [0.05, 0.1) is 6.04 Å². The summed E-state index contributed by atoms with van der Waals surface area (Å²) in [5.41, 5.74) is 0.916. The van der Waals surface area contributed by atoms with Gasteiger partial charge in [-0.3, -0.25) is 0 Å². The quantitative estimate of drug-likeness (QED) is 0.788. The third-order valence-electron chi connectivity index (χ3n) is 2.90. The molecule has 0 heterocycles. The molecular weight excluding hydrogens is 230 g/mol. The highest BCUT2D eigenvalue weighted by atomic mass is 16.5. The summed E-state index contributed by atoms with van der Waals surface area (Å²) in [6.45, 7) is 4.09. The molecule has 0 unspecified atom stereocenters. The highest BCUT2D eigenvalue weighted by molar-refractivity contribution is 5.73. The van der Waals surface area contributed by atoms with E-state index in [1.807, 2.05) is 44.2 Å². The average Bonchev–Trinajstić information content (AvgIpc) is 2.42. The van der Waals surface area contributed by atoms with Crippen molar-refractivity contribution in [3.05, 3.63) is 35.9 Å². The van der Waals surface area contributed by atoms with E-state index < -0.39 is 12.1 Å². The number of alkyl carbamates (subject to hydrolysis) is 1. The summed E-state index contributed by atoms with van der Waals surface area (Å²) in [5, 5.41) is 2.56. The Hall–Kier alpha value is -1.84. The summed E-state index contributed by atoms with van der Waals surface area (Å²) in [6, 6.07) is 8.92. The van der Waals surface area contributed by atoms with Gasteiger partial charge in [0.1, 0.15) is 12.9 Å². The second kappa shape index (κ2) is 7.48. The minimum Gasteiger partial charge on any atom is -0.445 e. The highest BCUT2D eigenvalue weighted by Gasteiger charge is 2.17. The van der Waals surface area contributed by atoms with Crippen LogP contribution in [0.1, 0.15) is 25.8 Å². The van der Waals surface area contributed by atoms with Crippen molar-refractivity contribution < 1.29 is 14.3 Å². The summed E-state index contributed by atoms with van der Waals surface area (Å²) in [4.78, 5) is 22.4. The molecule has 0 aliphatic carbocycles. The second-order valence-electron chi connectivity index (χ2n) is 4.25. The number of benzene rings is 1. The van der Waals surface area contributed by atoms with Crippen LogP contribution in [0.4, 0.5) is 4.79 Å². The Kier molecular flexibility index (Phi) is 5.91. The van der Waals surface area contributed by atoms with E-state index in [4.69, 9.17) is 4.74 Å². The zero-order valence-electron chi connectivity index (χ0n) is 10.8. The monoisotopic (exact) mass is 249 g/mol. The summed E-state index contributed by atoms with van der Waals surface area (Å²) in [5.74, 6) is 0.103. The fraction of sp³-hybridized carbons (Fsp3) is 0.429. The standard InChI is InChI=1S/C14H19NO3/c1-3-11(2)13(9-16)15-14(17)18-10-12-7-5-4-6-8-12/h4-9,11,13H,3,10H2,1-2H3,(H,15,17)/t11-,13-/m0/s1. The Morgan fingerprint density at radius 2 is 2.06 bits per heavy atom. The zero-order valence-corrected chi connectivity index (χ0v) is 10.8. The van der Waals surface area contributed by atoms with Crippen molar-refractivity contribution in [3.8, 4) is 0 Å². The molecule has 0 aliphatic rings. The third kappa shape index (κ3) is 4.57. The maximum absolute atomic E-state index is 11.5. The predicted molar refractivity (Wildman–Crippen MR) is 69.1 cm³/mol. The van der Waals surface area contributed by atoms with Crippen LogP contribution in [0.3, 0.4) is 0 Å². The Morgan fingerprint density at radius 3 is 2.61 bits per heavy atom. The minimum atomic E-state index is -0.559. The topological polar surface area (TPSA) is 55.4 Å². The third-order valence-corrected chi connectivity index (χ3v) is 2.90. The first-order valence-electron chi connectivity index (χ1n) is 6.09. The number of hydrogen-bond donors (Lipinski definition) is 1. The van der Waals surface area contributed by atoms with Crippen LogP contribution in [0.15, 0.2) is 30.3 Å². The molecule has 1 aromatic carbocycles. The molecule has 18 heavy (non-hydrogen) atoms. The van der Waals surface area contributed by atoms with Crippen molar-refractivity contribution in [2.45, 2.75) is 32.9 Å². The highest BCUT2D eigenvalue weighted by Crippen LogP contribution is 2.06. The second-order valence-corrected chi connectivity index (χ2v) is 4.25. The first kappa shape index (κ1) is 14.2. The zero-order chi connectivity index (χ0) is 13.4. The Bertz CT molecular complexity index is 378. The summed E-state index contributed by atoms with van der Waals surface area (Å²) >= 11 is 0. The van der Waals surface area contributed by atoms with Crippen LogP contribution in [-0.4, -0.2) is 18.4 Å². The van der Waals surface area contributed by atoms with Gasteiger partial charge in [0.15, 0.2) is 0 Å². The molecular formula is C14H19NO3. The fourth-order valence-corrected chi connectivity index (χ4v) is 1.47. The maximum Gasteiger partial charge on any atom is 0.408 e. The van der Waals surface area contributed by atoms with Gasteiger partial charge in [-0.15, -0.1) is 0 Å². The Labute approximate surface area is 107 Å². The molecule has 0 fully saturated rings. The van der Waals surface area contributed by atoms with E-state index in [1.165, 1.54) is 0 Å². The summed E-state index contributed by atoms with van der Waals surface area (Å²) < 4.78 is 5.05. The van der Waals surface area contributed by atoms with Crippen LogP contribution in [0.2, 0.25) is 0 Å². The summed E-state index contributed by atoms with van der Waals surface area (Å²) in [7, 11) is 0. The molecule has 4 nitrogen and oxygen atoms in total. The van der Waals surface area contributed by atoms with Gasteiger partial charge in [-0.05, 0) is 11.5 Å². The van der Waals surface area contributed by atoms with Crippen LogP contribution in [0.25, 0.3) is 0 Å². The van der Waals surface area contributed by atoms with Crippen LogP contribution in [-0.2, 0) is 16.1 Å². The number of rotatable bonds is 6. The van der Waals surface area contributed by atoms with Gasteiger partial charge in [0.25, 0.3) is 0 Å². The lowest BCUT2D eigenvalue weighted by molar-refractivity contribution is -0.110. The van der Waals surface area contributed by atoms with Crippen LogP contribution in [0, 0.1) is 5.92 Å². The number of carbonyl (C=O) groups excluding carboxylic acids is 2. The number of hydrogen-bond acceptors (Lipinski definition) is 3. The van der Waals surface area contributed by atoms with Gasteiger partial charge in [-0.1, -0.05) is 50.6 Å². The molecule has 0 saturated carbocycles. The van der Waals surface area contributed by atoms with Crippen molar-refractivity contribution in [2.75, 3.05) is 0 Å². The molecule has 1 N–H and O–H groups in total. The van der Waals surface area contributed by atoms with E-state index in [0.29, 0.717) is 0 Å². The van der Waals surface area contributed by atoms with Crippen molar-refractivity contribution in [1.82, 2.24) is 5.32 Å². The largest absolute Gasteiger partial charge is 0.445 e. The molecule has 0 saturated heterocycles. The van der Waals surface area contributed by atoms with Crippen LogP contribution < -0.4 is 5.32 Å². The molecule has 1 rings (SSSR count). The predicted octanol–water partition coefficient (Wildman–Crippen LogP) is 2.53. The van der Waals surface area contributed by atoms with Crippen molar-refractivity contribution >= 4 is 12.4 Å². The fourth-order valence-electron chi connectivity index (χ4n) is 1.47. The normalized spacial score (nSPS) is 13.4. The van der Waals surface area contributed by atoms with Gasteiger partial charge in [0, 0.05) is 0 Å². The number of ether oxygens (including phenoxy) is 1. The summed E-state index contributed by atoms with van der Waals surface area (Å²) in [6.07, 6.45) is 1.01. The van der Waals surface area contributed by atoms with E-state index in [-0.39, 0.29) is 12.5 Å². The van der Waals surface area contributed by atoms with E-state index in [0.717, 1.165) is 18.3 Å². The van der Waals surface area contributed by atoms with Gasteiger partial charge in [0.2, 0.25) is 0 Å². The maximum atomic E-state index is 11.5. The molecule has 1 amide bonds. The molecule has 2 atom stereocenters. The van der Waals surface area contributed by atoms with Crippen LogP contribution in [0.5, 0.6) is 0 Å². The van der Waals surface area contributed by atoms with E-state index in [1.54, 1.807) is 0 Å². The van der Waals surface area contributed by atoms with E-state index in [9.17, 15) is 9.59 Å². The first-order valence-corrected chi connectivity index (χ1v) is 6.09. The molecule has 0 radical (unpaired) electrons. The first-order chi connectivity index (χ1) is 8.67. The van der Waals surface area contributed by atoms with Gasteiger partial charge in [-0.2, -0.15) is 0 Å². The Balaban J connectivity index is 2.39. The lowest BCUT2D eigenvalue weighted by Gasteiger charge is -2.18. The SMILES string of the molecule is CC[C@H](C)[C@H](C=O)NC(=O)OCc1ccccc1. The molecule has 0 bridgehead atoms. The molecule has 1 aromatic rings. The number of carbonyl (C=O) groups is 2. The van der Waals surface area contributed by atoms with Crippen molar-refractivity contribution in [1.29, 1.82) is 0 Å². The number of amides is 1. The minimum absolute atomic E-state index is 0.103. The number of nitrogens with one attached hydrogen (secondary N) is 1. The molecule has 0 aromatic heterocycles. The van der Waals surface area contributed by atoms with Gasteiger partial charge < -0.3 is 14.8 Å². The molecule has 0 spiro atoms. The van der Waals surface area contributed by atoms with Crippen molar-refractivity contribution in [3.63, 3.8) is 0 Å². The lowest BCUT2D eigenvalue weighted by Crippen LogP contribution is -2.40. The molecule has 4 heteroatoms. The molecule has 98 valence electrons. The average molecular weight is 249 g/mol. The van der Waals surface area contributed by atoms with Gasteiger partial charge in [-0.25, -0.2) is 4.79 Å². The smallest absolute Gasteiger partial charge is 0.408 e. The Morgan fingerprint density at radius 1 is 1.39 bits per heavy atom.